The highest BCUT2D eigenvalue weighted by Crippen LogP contribution is 2.18. The maximum absolute atomic E-state index is 13.3. The molecular formula is C13H16FNO. The lowest BCUT2D eigenvalue weighted by Gasteiger charge is -2.21. The van der Waals surface area contributed by atoms with Crippen molar-refractivity contribution in [1.82, 2.24) is 5.32 Å². The molecule has 1 aliphatic heterocycles. The summed E-state index contributed by atoms with van der Waals surface area (Å²) in [5.41, 5.74) is 1.08. The van der Waals surface area contributed by atoms with Crippen molar-refractivity contribution in [3.8, 4) is 0 Å². The van der Waals surface area contributed by atoms with Gasteiger partial charge >= 0.3 is 0 Å². The van der Waals surface area contributed by atoms with Gasteiger partial charge in [0.1, 0.15) is 5.82 Å². The first-order valence-corrected chi connectivity index (χ1v) is 5.69. The molecule has 0 aromatic heterocycles. The number of halogens is 1. The second-order valence-corrected chi connectivity index (χ2v) is 4.37. The number of rotatable bonds is 2. The number of carbonyl (C=O) groups excluding carboxylic acids is 1. The fourth-order valence-corrected chi connectivity index (χ4v) is 2.06. The predicted octanol–water partition coefficient (Wildman–Crippen LogP) is 2.32. The summed E-state index contributed by atoms with van der Waals surface area (Å²) in [6.45, 7) is 3.39. The van der Waals surface area contributed by atoms with Gasteiger partial charge < -0.3 is 5.32 Å². The van der Waals surface area contributed by atoms with E-state index in [-0.39, 0.29) is 17.5 Å². The first kappa shape index (κ1) is 11.3. The van der Waals surface area contributed by atoms with E-state index in [4.69, 9.17) is 0 Å². The van der Waals surface area contributed by atoms with Crippen molar-refractivity contribution in [2.75, 3.05) is 13.1 Å². The highest BCUT2D eigenvalue weighted by Gasteiger charge is 2.22. The molecule has 1 aromatic carbocycles. The molecule has 0 aliphatic carbocycles. The van der Waals surface area contributed by atoms with Gasteiger partial charge in [0.25, 0.3) is 0 Å². The number of carbonyl (C=O) groups is 1. The number of ketones is 1. The van der Waals surface area contributed by atoms with Gasteiger partial charge in [-0.15, -0.1) is 0 Å². The predicted molar refractivity (Wildman–Crippen MR) is 61.1 cm³/mol. The van der Waals surface area contributed by atoms with Crippen LogP contribution >= 0.6 is 0 Å². The Labute approximate surface area is 94.9 Å². The Balaban J connectivity index is 2.16. The lowest BCUT2D eigenvalue weighted by molar-refractivity contribution is 0.0899. The van der Waals surface area contributed by atoms with Crippen molar-refractivity contribution in [1.29, 1.82) is 0 Å². The van der Waals surface area contributed by atoms with E-state index in [9.17, 15) is 9.18 Å². The van der Waals surface area contributed by atoms with Crippen molar-refractivity contribution < 1.29 is 9.18 Å². The zero-order valence-electron chi connectivity index (χ0n) is 9.42. The van der Waals surface area contributed by atoms with Gasteiger partial charge in [0.15, 0.2) is 5.78 Å². The molecule has 86 valence electrons. The molecule has 1 saturated heterocycles. The number of hydrogen-bond acceptors (Lipinski definition) is 2. The maximum Gasteiger partial charge on any atom is 0.167 e. The summed E-state index contributed by atoms with van der Waals surface area (Å²) in [6.07, 6.45) is 1.92. The highest BCUT2D eigenvalue weighted by atomic mass is 19.1. The van der Waals surface area contributed by atoms with E-state index >= 15 is 0 Å². The molecule has 0 amide bonds. The summed E-state index contributed by atoms with van der Waals surface area (Å²) in [7, 11) is 0. The molecule has 2 nitrogen and oxygen atoms in total. The molecule has 0 spiro atoms. The van der Waals surface area contributed by atoms with Gasteiger partial charge in [-0.1, -0.05) is 12.1 Å². The molecule has 0 radical (unpaired) electrons. The van der Waals surface area contributed by atoms with Crippen molar-refractivity contribution in [3.63, 3.8) is 0 Å². The van der Waals surface area contributed by atoms with Gasteiger partial charge in [0.05, 0.1) is 0 Å². The molecule has 0 saturated carbocycles. The van der Waals surface area contributed by atoms with Crippen LogP contribution in [-0.2, 0) is 0 Å². The SMILES string of the molecule is Cc1ccc(C(=O)C2CCCNC2)cc1F. The minimum Gasteiger partial charge on any atom is -0.316 e. The van der Waals surface area contributed by atoms with E-state index in [1.807, 2.05) is 0 Å². The lowest BCUT2D eigenvalue weighted by atomic mass is 9.90. The largest absolute Gasteiger partial charge is 0.316 e. The standard InChI is InChI=1S/C13H16FNO/c1-9-4-5-10(7-12(9)14)13(16)11-3-2-6-15-8-11/h4-5,7,11,15H,2-3,6,8H2,1H3. The Morgan fingerprint density at radius 1 is 1.50 bits per heavy atom. The van der Waals surface area contributed by atoms with E-state index in [2.05, 4.69) is 5.32 Å². The maximum atomic E-state index is 13.3. The van der Waals surface area contributed by atoms with Crippen molar-refractivity contribution >= 4 is 5.78 Å². The van der Waals surface area contributed by atoms with Gasteiger partial charge in [-0.3, -0.25) is 4.79 Å². The van der Waals surface area contributed by atoms with E-state index in [1.165, 1.54) is 6.07 Å². The minimum atomic E-state index is -0.297. The Morgan fingerprint density at radius 2 is 2.31 bits per heavy atom. The van der Waals surface area contributed by atoms with E-state index in [0.717, 1.165) is 19.4 Å². The second-order valence-electron chi connectivity index (χ2n) is 4.37. The monoisotopic (exact) mass is 221 g/mol. The first-order chi connectivity index (χ1) is 7.68. The van der Waals surface area contributed by atoms with Crippen LogP contribution in [0.25, 0.3) is 0 Å². The lowest BCUT2D eigenvalue weighted by Crippen LogP contribution is -2.34. The molecule has 1 fully saturated rings. The molecule has 1 unspecified atom stereocenters. The summed E-state index contributed by atoms with van der Waals surface area (Å²) in [5.74, 6) is -0.225. The van der Waals surface area contributed by atoms with Gasteiger partial charge in [0, 0.05) is 18.0 Å². The van der Waals surface area contributed by atoms with Crippen LogP contribution in [0.4, 0.5) is 4.39 Å². The summed E-state index contributed by atoms with van der Waals surface area (Å²) in [5, 5.41) is 3.20. The fourth-order valence-electron chi connectivity index (χ4n) is 2.06. The van der Waals surface area contributed by atoms with Gasteiger partial charge in [-0.05, 0) is 37.9 Å². The summed E-state index contributed by atoms with van der Waals surface area (Å²) < 4.78 is 13.3. The third kappa shape index (κ3) is 2.30. The van der Waals surface area contributed by atoms with Crippen LogP contribution in [0, 0.1) is 18.7 Å². The molecule has 1 aromatic rings. The Morgan fingerprint density at radius 3 is 2.94 bits per heavy atom. The zero-order valence-corrected chi connectivity index (χ0v) is 9.42. The third-order valence-electron chi connectivity index (χ3n) is 3.12. The number of piperidine rings is 1. The van der Waals surface area contributed by atoms with E-state index in [1.54, 1.807) is 19.1 Å². The molecule has 0 bridgehead atoms. The second kappa shape index (κ2) is 4.74. The van der Waals surface area contributed by atoms with Crippen LogP contribution in [0.2, 0.25) is 0 Å². The minimum absolute atomic E-state index is 0.0101. The van der Waals surface area contributed by atoms with Crippen LogP contribution in [0.15, 0.2) is 18.2 Å². The van der Waals surface area contributed by atoms with Gasteiger partial charge in [0.2, 0.25) is 0 Å². The number of Topliss-reactive ketones (excluding diaryl/α,β-unsaturated/α-hetero) is 1. The van der Waals surface area contributed by atoms with Crippen LogP contribution in [0.5, 0.6) is 0 Å². The number of aryl methyl sites for hydroxylation is 1. The van der Waals surface area contributed by atoms with Crippen molar-refractivity contribution in [2.45, 2.75) is 19.8 Å². The molecule has 1 N–H and O–H groups in total. The van der Waals surface area contributed by atoms with Crippen LogP contribution in [0.1, 0.15) is 28.8 Å². The highest BCUT2D eigenvalue weighted by molar-refractivity contribution is 5.98. The summed E-state index contributed by atoms with van der Waals surface area (Å²) in [6, 6.07) is 4.74. The molecular weight excluding hydrogens is 205 g/mol. The molecule has 2 rings (SSSR count). The van der Waals surface area contributed by atoms with Gasteiger partial charge in [-0.25, -0.2) is 4.39 Å². The molecule has 1 aliphatic rings. The Kier molecular flexibility index (Phi) is 3.34. The molecule has 1 atom stereocenters. The van der Waals surface area contributed by atoms with Gasteiger partial charge in [-0.2, -0.15) is 0 Å². The molecule has 1 heterocycles. The van der Waals surface area contributed by atoms with Crippen LogP contribution in [0.3, 0.4) is 0 Å². The quantitative estimate of drug-likeness (QED) is 0.776. The normalized spacial score (nSPS) is 20.8. The number of nitrogens with one attached hydrogen (secondary N) is 1. The third-order valence-corrected chi connectivity index (χ3v) is 3.12. The molecule has 16 heavy (non-hydrogen) atoms. The molecule has 3 heteroatoms. The van der Waals surface area contributed by atoms with Crippen LogP contribution in [-0.4, -0.2) is 18.9 Å². The average Bonchev–Trinajstić information content (AvgIpc) is 2.33. The fraction of sp³-hybridized carbons (Fsp3) is 0.462. The van der Waals surface area contributed by atoms with Crippen LogP contribution < -0.4 is 5.32 Å². The number of hydrogen-bond donors (Lipinski definition) is 1. The smallest absolute Gasteiger partial charge is 0.167 e. The topological polar surface area (TPSA) is 29.1 Å². The first-order valence-electron chi connectivity index (χ1n) is 5.69. The van der Waals surface area contributed by atoms with Crippen molar-refractivity contribution in [2.24, 2.45) is 5.92 Å². The van der Waals surface area contributed by atoms with E-state index < -0.39 is 0 Å². The summed E-state index contributed by atoms with van der Waals surface area (Å²) in [4.78, 5) is 12.1. The Bertz CT molecular complexity index is 397. The summed E-state index contributed by atoms with van der Waals surface area (Å²) >= 11 is 0. The average molecular weight is 221 g/mol. The number of benzene rings is 1. The van der Waals surface area contributed by atoms with Crippen molar-refractivity contribution in [3.05, 3.63) is 35.1 Å². The zero-order chi connectivity index (χ0) is 11.5. The Hall–Kier alpha value is -1.22. The van der Waals surface area contributed by atoms with E-state index in [0.29, 0.717) is 17.7 Å².